The molecule has 0 bridgehead atoms. The van der Waals surface area contributed by atoms with Crippen molar-refractivity contribution < 1.29 is 0 Å². The highest BCUT2D eigenvalue weighted by Crippen LogP contribution is 2.42. The zero-order chi connectivity index (χ0) is 23.7. The maximum Gasteiger partial charge on any atom is 0.225 e. The number of benzene rings is 2. The quantitative estimate of drug-likeness (QED) is 0.290. The second-order valence-electron chi connectivity index (χ2n) is 8.93. The van der Waals surface area contributed by atoms with Crippen molar-refractivity contribution >= 4 is 45.0 Å². The molecule has 1 fully saturated rings. The summed E-state index contributed by atoms with van der Waals surface area (Å²) >= 11 is 8.09. The van der Waals surface area contributed by atoms with Gasteiger partial charge in [-0.05, 0) is 54.6 Å². The molecule has 6 heteroatoms. The van der Waals surface area contributed by atoms with Crippen molar-refractivity contribution in [2.24, 2.45) is 0 Å². The van der Waals surface area contributed by atoms with Crippen molar-refractivity contribution in [3.05, 3.63) is 81.5 Å². The van der Waals surface area contributed by atoms with E-state index < -0.39 is 0 Å². The average Bonchev–Trinajstić information content (AvgIpc) is 3.17. The number of hydrogen-bond donors (Lipinski definition) is 0. The van der Waals surface area contributed by atoms with E-state index in [1.54, 1.807) is 11.3 Å². The standard InChI is InChI=1S/C28H29ClN4S/c1-19-11-12-23(18-20(19)2)24-21(3)34-27-25(24)26(30-28(29)31-27)33-16-14-32(15-17-33)13-7-10-22-8-5-4-6-9-22/h4-12,18H,13-17H2,1-3H3/b10-7+. The third-order valence-corrected chi connectivity index (χ3v) is 7.79. The van der Waals surface area contributed by atoms with Crippen LogP contribution in [0.25, 0.3) is 27.4 Å². The number of fused-ring (bicyclic) bond motifs is 1. The third kappa shape index (κ3) is 4.74. The van der Waals surface area contributed by atoms with Gasteiger partial charge in [-0.15, -0.1) is 11.3 Å². The molecule has 1 aliphatic heterocycles. The van der Waals surface area contributed by atoms with E-state index in [9.17, 15) is 0 Å². The summed E-state index contributed by atoms with van der Waals surface area (Å²) in [6.07, 6.45) is 4.45. The monoisotopic (exact) mass is 488 g/mol. The number of rotatable bonds is 5. The number of hydrogen-bond acceptors (Lipinski definition) is 5. The van der Waals surface area contributed by atoms with E-state index in [4.69, 9.17) is 16.6 Å². The molecule has 5 rings (SSSR count). The largest absolute Gasteiger partial charge is 0.353 e. The van der Waals surface area contributed by atoms with Crippen LogP contribution in [-0.2, 0) is 0 Å². The predicted molar refractivity (Wildman–Crippen MR) is 146 cm³/mol. The maximum atomic E-state index is 6.39. The molecule has 0 aliphatic carbocycles. The topological polar surface area (TPSA) is 32.3 Å². The number of aromatic nitrogens is 2. The molecule has 4 aromatic rings. The lowest BCUT2D eigenvalue weighted by atomic mass is 9.99. The Balaban J connectivity index is 1.40. The Kier molecular flexibility index (Phi) is 6.68. The molecule has 0 saturated carbocycles. The van der Waals surface area contributed by atoms with Crippen molar-refractivity contribution in [2.75, 3.05) is 37.6 Å². The molecule has 0 unspecified atom stereocenters. The lowest BCUT2D eigenvalue weighted by molar-refractivity contribution is 0.284. The Morgan fingerprint density at radius 1 is 0.941 bits per heavy atom. The van der Waals surface area contributed by atoms with E-state index in [2.05, 4.69) is 90.2 Å². The third-order valence-electron chi connectivity index (χ3n) is 6.62. The fourth-order valence-corrected chi connectivity index (χ4v) is 5.84. The van der Waals surface area contributed by atoms with E-state index in [1.165, 1.54) is 32.7 Å². The van der Waals surface area contributed by atoms with Gasteiger partial charge in [0, 0.05) is 43.2 Å². The second kappa shape index (κ2) is 9.87. The number of nitrogens with zero attached hydrogens (tertiary/aromatic N) is 4. The lowest BCUT2D eigenvalue weighted by Crippen LogP contribution is -2.46. The normalized spacial score (nSPS) is 15.0. The van der Waals surface area contributed by atoms with Crippen LogP contribution >= 0.6 is 22.9 Å². The first-order valence-corrected chi connectivity index (χ1v) is 12.9. The number of thiophene rings is 1. The van der Waals surface area contributed by atoms with E-state index in [0.717, 1.165) is 48.8 Å². The van der Waals surface area contributed by atoms with Crippen LogP contribution < -0.4 is 4.90 Å². The number of anilines is 1. The minimum Gasteiger partial charge on any atom is -0.353 e. The van der Waals surface area contributed by atoms with Crippen molar-refractivity contribution in [3.63, 3.8) is 0 Å². The maximum absolute atomic E-state index is 6.39. The summed E-state index contributed by atoms with van der Waals surface area (Å²) in [5.74, 6) is 0.965. The molecule has 0 amide bonds. The molecular formula is C28H29ClN4S. The van der Waals surface area contributed by atoms with E-state index in [0.29, 0.717) is 5.28 Å². The summed E-state index contributed by atoms with van der Waals surface area (Å²) in [5.41, 5.74) is 6.31. The van der Waals surface area contributed by atoms with Gasteiger partial charge in [-0.1, -0.05) is 60.7 Å². The summed E-state index contributed by atoms with van der Waals surface area (Å²) in [6.45, 7) is 11.3. The number of piperazine rings is 1. The van der Waals surface area contributed by atoms with Gasteiger partial charge in [0.25, 0.3) is 0 Å². The molecule has 1 aliphatic rings. The van der Waals surface area contributed by atoms with Crippen molar-refractivity contribution in [2.45, 2.75) is 20.8 Å². The molecule has 0 radical (unpaired) electrons. The van der Waals surface area contributed by atoms with Crippen molar-refractivity contribution in [3.8, 4) is 11.1 Å². The van der Waals surface area contributed by atoms with Gasteiger partial charge in [-0.25, -0.2) is 4.98 Å². The summed E-state index contributed by atoms with van der Waals surface area (Å²) in [4.78, 5) is 16.4. The van der Waals surface area contributed by atoms with Gasteiger partial charge in [-0.3, -0.25) is 4.90 Å². The summed E-state index contributed by atoms with van der Waals surface area (Å²) < 4.78 is 0. The smallest absolute Gasteiger partial charge is 0.225 e. The molecule has 1 saturated heterocycles. The van der Waals surface area contributed by atoms with Gasteiger partial charge >= 0.3 is 0 Å². The van der Waals surface area contributed by atoms with Gasteiger partial charge in [0.15, 0.2) is 0 Å². The number of halogens is 1. The predicted octanol–water partition coefficient (Wildman–Crippen LogP) is 6.77. The number of aryl methyl sites for hydroxylation is 3. The van der Waals surface area contributed by atoms with Crippen molar-refractivity contribution in [1.82, 2.24) is 14.9 Å². The summed E-state index contributed by atoms with van der Waals surface area (Å²) in [6, 6.07) is 17.2. The van der Waals surface area contributed by atoms with Crippen LogP contribution in [0.2, 0.25) is 5.28 Å². The zero-order valence-corrected chi connectivity index (χ0v) is 21.5. The SMILES string of the molecule is Cc1ccc(-c2c(C)sc3nc(Cl)nc(N4CCN(C/C=C/c5ccccc5)CC4)c23)cc1C. The fraction of sp³-hybridized carbons (Fsp3) is 0.286. The average molecular weight is 489 g/mol. The molecular weight excluding hydrogens is 460 g/mol. The first-order valence-electron chi connectivity index (χ1n) is 11.7. The van der Waals surface area contributed by atoms with Crippen LogP contribution in [-0.4, -0.2) is 47.6 Å². The minimum atomic E-state index is 0.323. The van der Waals surface area contributed by atoms with E-state index >= 15 is 0 Å². The van der Waals surface area contributed by atoms with E-state index in [-0.39, 0.29) is 0 Å². The van der Waals surface area contributed by atoms with Crippen LogP contribution in [0.3, 0.4) is 0 Å². The Bertz CT molecular complexity index is 1340. The summed E-state index contributed by atoms with van der Waals surface area (Å²) in [7, 11) is 0. The van der Waals surface area contributed by atoms with E-state index in [1.807, 2.05) is 6.07 Å². The highest BCUT2D eigenvalue weighted by molar-refractivity contribution is 7.19. The first kappa shape index (κ1) is 23.0. The van der Waals surface area contributed by atoms with Crippen LogP contribution in [0.15, 0.2) is 54.6 Å². The van der Waals surface area contributed by atoms with Crippen LogP contribution in [0.5, 0.6) is 0 Å². The molecule has 2 aromatic heterocycles. The summed E-state index contributed by atoms with van der Waals surface area (Å²) in [5, 5.41) is 1.45. The van der Waals surface area contributed by atoms with Gasteiger partial charge in [0.1, 0.15) is 10.6 Å². The minimum absolute atomic E-state index is 0.323. The molecule has 2 aromatic carbocycles. The Hall–Kier alpha value is -2.73. The zero-order valence-electron chi connectivity index (χ0n) is 19.9. The molecule has 3 heterocycles. The molecule has 0 atom stereocenters. The van der Waals surface area contributed by atoms with Gasteiger partial charge in [0.05, 0.1) is 5.39 Å². The highest BCUT2D eigenvalue weighted by Gasteiger charge is 2.24. The fourth-order valence-electron chi connectivity index (χ4n) is 4.59. The molecule has 174 valence electrons. The van der Waals surface area contributed by atoms with Gasteiger partial charge < -0.3 is 4.90 Å². The van der Waals surface area contributed by atoms with Crippen LogP contribution in [0.1, 0.15) is 21.6 Å². The molecule has 0 N–H and O–H groups in total. The van der Waals surface area contributed by atoms with Gasteiger partial charge in [-0.2, -0.15) is 4.98 Å². The Morgan fingerprint density at radius 3 is 2.44 bits per heavy atom. The van der Waals surface area contributed by atoms with Crippen molar-refractivity contribution in [1.29, 1.82) is 0 Å². The van der Waals surface area contributed by atoms with Crippen LogP contribution in [0, 0.1) is 20.8 Å². The Labute approximate surface area is 210 Å². The first-order chi connectivity index (χ1) is 16.5. The second-order valence-corrected chi connectivity index (χ2v) is 10.5. The molecule has 34 heavy (non-hydrogen) atoms. The van der Waals surface area contributed by atoms with Crippen LogP contribution in [0.4, 0.5) is 5.82 Å². The lowest BCUT2D eigenvalue weighted by Gasteiger charge is -2.35. The van der Waals surface area contributed by atoms with Gasteiger partial charge in [0.2, 0.25) is 5.28 Å². The molecule has 4 nitrogen and oxygen atoms in total. The Morgan fingerprint density at radius 2 is 1.71 bits per heavy atom. The highest BCUT2D eigenvalue weighted by atomic mass is 35.5. The molecule has 0 spiro atoms.